The standard InChI is InChI=1S/C14H18BrN3O4S/c1-3-16-14(23)18-17-7-9-5-11(21-4-2)12(6-10(9)15)22-8-13(19)20/h5-7H,3-4,8H2,1-2H3,(H,19,20)(H2,16,18,23). The molecule has 0 unspecified atom stereocenters. The first kappa shape index (κ1) is 19.2. The van der Waals surface area contributed by atoms with Crippen molar-refractivity contribution in [2.75, 3.05) is 19.8 Å². The van der Waals surface area contributed by atoms with Gasteiger partial charge in [-0.15, -0.1) is 0 Å². The molecule has 0 amide bonds. The molecule has 1 aromatic carbocycles. The molecule has 0 heterocycles. The minimum absolute atomic E-state index is 0.342. The molecule has 0 radical (unpaired) electrons. The van der Waals surface area contributed by atoms with Gasteiger partial charge in [0.1, 0.15) is 0 Å². The lowest BCUT2D eigenvalue weighted by atomic mass is 10.2. The maximum Gasteiger partial charge on any atom is 0.341 e. The van der Waals surface area contributed by atoms with Crippen molar-refractivity contribution in [3.8, 4) is 11.5 Å². The fourth-order valence-corrected chi connectivity index (χ4v) is 2.15. The number of aliphatic carboxylic acids is 1. The highest BCUT2D eigenvalue weighted by Gasteiger charge is 2.11. The van der Waals surface area contributed by atoms with Gasteiger partial charge in [0.15, 0.2) is 23.2 Å². The molecule has 0 atom stereocenters. The predicted molar refractivity (Wildman–Crippen MR) is 95.4 cm³/mol. The Morgan fingerprint density at radius 3 is 2.70 bits per heavy atom. The number of carboxylic acid groups (broad SMARTS) is 1. The lowest BCUT2D eigenvalue weighted by Crippen LogP contribution is -2.31. The van der Waals surface area contributed by atoms with Crippen LogP contribution in [0.3, 0.4) is 0 Å². The summed E-state index contributed by atoms with van der Waals surface area (Å²) in [5, 5.41) is 16.1. The summed E-state index contributed by atoms with van der Waals surface area (Å²) in [5.41, 5.74) is 3.41. The van der Waals surface area contributed by atoms with Crippen LogP contribution >= 0.6 is 28.1 Å². The van der Waals surface area contributed by atoms with Crippen LogP contribution in [0, 0.1) is 0 Å². The number of ether oxygens (including phenoxy) is 2. The molecule has 9 heteroatoms. The Hall–Kier alpha value is -1.87. The summed E-state index contributed by atoms with van der Waals surface area (Å²) >= 11 is 8.39. The lowest BCUT2D eigenvalue weighted by molar-refractivity contribution is -0.139. The van der Waals surface area contributed by atoms with Crippen molar-refractivity contribution in [1.29, 1.82) is 0 Å². The van der Waals surface area contributed by atoms with Crippen molar-refractivity contribution in [3.63, 3.8) is 0 Å². The number of benzene rings is 1. The van der Waals surface area contributed by atoms with E-state index in [1.165, 1.54) is 0 Å². The Balaban J connectivity index is 2.91. The van der Waals surface area contributed by atoms with E-state index in [0.29, 0.717) is 34.2 Å². The molecule has 0 aromatic heterocycles. The van der Waals surface area contributed by atoms with Gasteiger partial charge in [-0.2, -0.15) is 5.10 Å². The van der Waals surface area contributed by atoms with Crippen molar-refractivity contribution < 1.29 is 19.4 Å². The van der Waals surface area contributed by atoms with Gasteiger partial charge in [0.05, 0.1) is 12.8 Å². The summed E-state index contributed by atoms with van der Waals surface area (Å²) in [6.07, 6.45) is 1.57. The Bertz CT molecular complexity index is 596. The maximum absolute atomic E-state index is 10.6. The second-order valence-corrected chi connectivity index (χ2v) is 5.43. The fourth-order valence-electron chi connectivity index (χ4n) is 1.53. The van der Waals surface area contributed by atoms with Gasteiger partial charge >= 0.3 is 5.97 Å². The van der Waals surface area contributed by atoms with E-state index in [2.05, 4.69) is 31.8 Å². The van der Waals surface area contributed by atoms with Crippen molar-refractivity contribution in [3.05, 3.63) is 22.2 Å². The van der Waals surface area contributed by atoms with Crippen LogP contribution in [0.15, 0.2) is 21.7 Å². The topological polar surface area (TPSA) is 92.2 Å². The predicted octanol–water partition coefficient (Wildman–Crippen LogP) is 2.13. The van der Waals surface area contributed by atoms with E-state index < -0.39 is 12.6 Å². The largest absolute Gasteiger partial charge is 0.490 e. The smallest absolute Gasteiger partial charge is 0.341 e. The van der Waals surface area contributed by atoms with Gasteiger partial charge in [-0.3, -0.25) is 5.43 Å². The van der Waals surface area contributed by atoms with Crippen LogP contribution in [0.25, 0.3) is 0 Å². The van der Waals surface area contributed by atoms with E-state index >= 15 is 0 Å². The van der Waals surface area contributed by atoms with Crippen molar-refractivity contribution in [1.82, 2.24) is 10.7 Å². The third kappa shape index (κ3) is 6.83. The third-order valence-corrected chi connectivity index (χ3v) is 3.34. The van der Waals surface area contributed by atoms with E-state index in [0.717, 1.165) is 5.56 Å². The maximum atomic E-state index is 10.6. The van der Waals surface area contributed by atoms with Crippen LogP contribution in [-0.2, 0) is 4.79 Å². The Labute approximate surface area is 148 Å². The third-order valence-electron chi connectivity index (χ3n) is 2.42. The van der Waals surface area contributed by atoms with E-state index in [9.17, 15) is 4.79 Å². The zero-order valence-corrected chi connectivity index (χ0v) is 15.2. The first-order valence-electron chi connectivity index (χ1n) is 6.85. The van der Waals surface area contributed by atoms with E-state index in [-0.39, 0.29) is 0 Å². The fraction of sp³-hybridized carbons (Fsp3) is 0.357. The summed E-state index contributed by atoms with van der Waals surface area (Å²) in [7, 11) is 0. The Kier molecular flexibility index (Phi) is 8.35. The summed E-state index contributed by atoms with van der Waals surface area (Å²) < 4.78 is 11.4. The average Bonchev–Trinajstić information content (AvgIpc) is 2.49. The molecule has 126 valence electrons. The molecular formula is C14H18BrN3O4S. The monoisotopic (exact) mass is 403 g/mol. The van der Waals surface area contributed by atoms with Crippen LogP contribution in [0.1, 0.15) is 19.4 Å². The average molecular weight is 404 g/mol. The number of hydrazone groups is 1. The van der Waals surface area contributed by atoms with Crippen LogP contribution in [-0.4, -0.2) is 42.2 Å². The van der Waals surface area contributed by atoms with Gasteiger partial charge in [-0.25, -0.2) is 4.79 Å². The Morgan fingerprint density at radius 2 is 2.09 bits per heavy atom. The number of nitrogens with zero attached hydrogens (tertiary/aromatic N) is 1. The van der Waals surface area contributed by atoms with Crippen molar-refractivity contribution >= 4 is 45.4 Å². The molecule has 0 spiro atoms. The minimum Gasteiger partial charge on any atom is -0.490 e. The SMILES string of the molecule is CCNC(=S)NN=Cc1cc(OCC)c(OCC(=O)O)cc1Br. The molecule has 0 aliphatic rings. The number of hydrogen-bond acceptors (Lipinski definition) is 5. The number of carbonyl (C=O) groups is 1. The van der Waals surface area contributed by atoms with Crippen LogP contribution in [0.5, 0.6) is 11.5 Å². The zero-order chi connectivity index (χ0) is 17.2. The number of rotatable bonds is 8. The van der Waals surface area contributed by atoms with Gasteiger partial charge < -0.3 is 19.9 Å². The molecule has 1 rings (SSSR count). The van der Waals surface area contributed by atoms with Gasteiger partial charge in [-0.05, 0) is 54.1 Å². The first-order valence-corrected chi connectivity index (χ1v) is 8.05. The molecule has 1 aromatic rings. The van der Waals surface area contributed by atoms with Crippen LogP contribution in [0.4, 0.5) is 0 Å². The quantitative estimate of drug-likeness (QED) is 0.347. The molecular weight excluding hydrogens is 386 g/mol. The van der Waals surface area contributed by atoms with Crippen molar-refractivity contribution in [2.24, 2.45) is 5.10 Å². The molecule has 0 aliphatic carbocycles. The zero-order valence-electron chi connectivity index (χ0n) is 12.8. The minimum atomic E-state index is -1.06. The second-order valence-electron chi connectivity index (χ2n) is 4.17. The first-order chi connectivity index (χ1) is 11.0. The summed E-state index contributed by atoms with van der Waals surface area (Å²) in [4.78, 5) is 10.6. The van der Waals surface area contributed by atoms with E-state index in [4.69, 9.17) is 26.8 Å². The van der Waals surface area contributed by atoms with Gasteiger partial charge in [0, 0.05) is 16.6 Å². The molecule has 0 saturated heterocycles. The van der Waals surface area contributed by atoms with Crippen molar-refractivity contribution in [2.45, 2.75) is 13.8 Å². The number of nitrogens with one attached hydrogen (secondary N) is 2. The molecule has 7 nitrogen and oxygen atoms in total. The highest BCUT2D eigenvalue weighted by Crippen LogP contribution is 2.33. The van der Waals surface area contributed by atoms with E-state index in [1.54, 1.807) is 18.3 Å². The normalized spacial score (nSPS) is 10.4. The highest BCUT2D eigenvalue weighted by molar-refractivity contribution is 9.10. The number of hydrogen-bond donors (Lipinski definition) is 3. The van der Waals surface area contributed by atoms with E-state index in [1.807, 2.05) is 13.8 Å². The molecule has 3 N–H and O–H groups in total. The molecule has 0 bridgehead atoms. The lowest BCUT2D eigenvalue weighted by Gasteiger charge is -2.12. The molecule has 0 fully saturated rings. The summed E-state index contributed by atoms with van der Waals surface area (Å²) in [5.74, 6) is -0.280. The molecule has 0 aliphatic heterocycles. The second kappa shape index (κ2) is 10.0. The number of carboxylic acids is 1. The van der Waals surface area contributed by atoms with Gasteiger partial charge in [-0.1, -0.05) is 0 Å². The molecule has 23 heavy (non-hydrogen) atoms. The van der Waals surface area contributed by atoms with Gasteiger partial charge in [0.25, 0.3) is 0 Å². The molecule has 0 saturated carbocycles. The van der Waals surface area contributed by atoms with Crippen LogP contribution in [0.2, 0.25) is 0 Å². The summed E-state index contributed by atoms with van der Waals surface area (Å²) in [6.45, 7) is 4.43. The van der Waals surface area contributed by atoms with Crippen LogP contribution < -0.4 is 20.2 Å². The van der Waals surface area contributed by atoms with Gasteiger partial charge in [0.2, 0.25) is 0 Å². The number of halogens is 1. The number of thiocarbonyl (C=S) groups is 1. The summed E-state index contributed by atoms with van der Waals surface area (Å²) in [6, 6.07) is 3.34. The Morgan fingerprint density at radius 1 is 1.39 bits per heavy atom. The highest BCUT2D eigenvalue weighted by atomic mass is 79.9.